The smallest absolute Gasteiger partial charge is 0.150 e. The first kappa shape index (κ1) is 13.4. The van der Waals surface area contributed by atoms with Crippen LogP contribution in [-0.2, 0) is 6.54 Å². The Morgan fingerprint density at radius 1 is 1.38 bits per heavy atom. The van der Waals surface area contributed by atoms with Crippen molar-refractivity contribution in [3.8, 4) is 22.5 Å². The second-order valence-corrected chi connectivity index (χ2v) is 5.45. The molecule has 0 aliphatic carbocycles. The van der Waals surface area contributed by atoms with Gasteiger partial charge in [-0.1, -0.05) is 12.1 Å². The molecule has 0 N–H and O–H groups in total. The highest BCUT2D eigenvalue weighted by Gasteiger charge is 2.09. The highest BCUT2D eigenvalue weighted by Crippen LogP contribution is 2.25. The summed E-state index contributed by atoms with van der Waals surface area (Å²) >= 11 is 1.66. The summed E-state index contributed by atoms with van der Waals surface area (Å²) in [6, 6.07) is 11.9. The molecular weight excluding hydrogens is 282 g/mol. The monoisotopic (exact) mass is 295 g/mol. The first-order valence-electron chi connectivity index (χ1n) is 6.44. The molecule has 0 aliphatic rings. The van der Waals surface area contributed by atoms with Crippen molar-refractivity contribution >= 4 is 11.3 Å². The van der Waals surface area contributed by atoms with Gasteiger partial charge < -0.3 is 9.30 Å². The van der Waals surface area contributed by atoms with Gasteiger partial charge in [0.25, 0.3) is 0 Å². The number of ether oxygens (including phenoxy) is 1. The minimum absolute atomic E-state index is 0.549. The molecule has 0 unspecified atom stereocenters. The van der Waals surface area contributed by atoms with E-state index in [4.69, 9.17) is 10.00 Å². The molecule has 5 heteroatoms. The molecule has 104 valence electrons. The van der Waals surface area contributed by atoms with Crippen LogP contribution in [0.5, 0.6) is 5.75 Å². The number of thiophene rings is 1. The summed E-state index contributed by atoms with van der Waals surface area (Å²) in [5.74, 6) is 1.55. The molecule has 3 rings (SSSR count). The lowest BCUT2D eigenvalue weighted by Gasteiger charge is -2.09. The minimum Gasteiger partial charge on any atom is -0.495 e. The Balaban J connectivity index is 1.92. The van der Waals surface area contributed by atoms with Crippen LogP contribution in [0.3, 0.4) is 0 Å². The normalized spacial score (nSPS) is 10.3. The zero-order chi connectivity index (χ0) is 14.7. The van der Waals surface area contributed by atoms with E-state index in [9.17, 15) is 0 Å². The predicted molar refractivity (Wildman–Crippen MR) is 82.4 cm³/mol. The van der Waals surface area contributed by atoms with Gasteiger partial charge in [0.2, 0.25) is 0 Å². The Morgan fingerprint density at radius 2 is 2.29 bits per heavy atom. The maximum absolute atomic E-state index is 9.16. The van der Waals surface area contributed by atoms with Crippen LogP contribution in [0.25, 0.3) is 10.7 Å². The summed E-state index contributed by atoms with van der Waals surface area (Å²) in [6.07, 6.45) is 3.75. The molecule has 3 aromatic rings. The van der Waals surface area contributed by atoms with E-state index in [1.165, 1.54) is 0 Å². The lowest BCUT2D eigenvalue weighted by molar-refractivity contribution is 0.413. The summed E-state index contributed by atoms with van der Waals surface area (Å²) < 4.78 is 7.25. The summed E-state index contributed by atoms with van der Waals surface area (Å²) in [6.45, 7) is 0.673. The van der Waals surface area contributed by atoms with Crippen molar-refractivity contribution in [1.29, 1.82) is 5.26 Å². The van der Waals surface area contributed by atoms with Crippen molar-refractivity contribution in [2.24, 2.45) is 0 Å². The van der Waals surface area contributed by atoms with E-state index in [-0.39, 0.29) is 0 Å². The van der Waals surface area contributed by atoms with Crippen molar-refractivity contribution in [1.82, 2.24) is 9.55 Å². The number of aromatic nitrogens is 2. The van der Waals surface area contributed by atoms with Crippen LogP contribution in [0.1, 0.15) is 11.1 Å². The van der Waals surface area contributed by atoms with E-state index in [0.717, 1.165) is 16.3 Å². The second kappa shape index (κ2) is 5.81. The third-order valence-corrected chi connectivity index (χ3v) is 4.06. The van der Waals surface area contributed by atoms with Crippen molar-refractivity contribution in [3.05, 3.63) is 59.2 Å². The van der Waals surface area contributed by atoms with Crippen LogP contribution in [0.15, 0.2) is 48.1 Å². The quantitative estimate of drug-likeness (QED) is 0.739. The van der Waals surface area contributed by atoms with E-state index in [2.05, 4.69) is 21.7 Å². The van der Waals surface area contributed by atoms with Crippen molar-refractivity contribution in [2.45, 2.75) is 6.54 Å². The standard InChI is InChI=1S/C16H13N3OS/c1-20-14-5-4-12(9-13(14)10-17)11-19-7-6-18-16(19)15-3-2-8-21-15/h2-9H,11H2,1H3. The molecule has 0 bridgehead atoms. The van der Waals surface area contributed by atoms with Gasteiger partial charge >= 0.3 is 0 Å². The minimum atomic E-state index is 0.549. The fourth-order valence-electron chi connectivity index (χ4n) is 2.21. The largest absolute Gasteiger partial charge is 0.495 e. The fraction of sp³-hybridized carbons (Fsp3) is 0.125. The van der Waals surface area contributed by atoms with Gasteiger partial charge in [-0.15, -0.1) is 11.3 Å². The third kappa shape index (κ3) is 2.67. The molecule has 0 fully saturated rings. The van der Waals surface area contributed by atoms with Crippen LogP contribution >= 0.6 is 11.3 Å². The van der Waals surface area contributed by atoms with Crippen molar-refractivity contribution in [3.63, 3.8) is 0 Å². The number of nitrogens with zero attached hydrogens (tertiary/aromatic N) is 3. The zero-order valence-electron chi connectivity index (χ0n) is 11.5. The van der Waals surface area contributed by atoms with Crippen LogP contribution < -0.4 is 4.74 Å². The Bertz CT molecular complexity index is 784. The molecule has 1 aromatic carbocycles. The molecule has 4 nitrogen and oxygen atoms in total. The number of hydrogen-bond acceptors (Lipinski definition) is 4. The van der Waals surface area contributed by atoms with E-state index in [0.29, 0.717) is 17.9 Å². The highest BCUT2D eigenvalue weighted by atomic mass is 32.1. The van der Waals surface area contributed by atoms with Crippen LogP contribution in [0, 0.1) is 11.3 Å². The lowest BCUT2D eigenvalue weighted by Crippen LogP contribution is -2.01. The molecule has 0 atom stereocenters. The van der Waals surface area contributed by atoms with Crippen LogP contribution in [0.2, 0.25) is 0 Å². The fourth-order valence-corrected chi connectivity index (χ4v) is 2.94. The maximum Gasteiger partial charge on any atom is 0.150 e. The maximum atomic E-state index is 9.16. The number of imidazole rings is 1. The summed E-state index contributed by atoms with van der Waals surface area (Å²) in [5.41, 5.74) is 1.59. The van der Waals surface area contributed by atoms with E-state index < -0.39 is 0 Å². The molecule has 2 heterocycles. The van der Waals surface area contributed by atoms with Gasteiger partial charge in [-0.05, 0) is 29.1 Å². The van der Waals surface area contributed by atoms with Gasteiger partial charge in [-0.25, -0.2) is 4.98 Å². The Hall–Kier alpha value is -2.58. The lowest BCUT2D eigenvalue weighted by atomic mass is 10.1. The highest BCUT2D eigenvalue weighted by molar-refractivity contribution is 7.13. The topological polar surface area (TPSA) is 50.8 Å². The summed E-state index contributed by atoms with van der Waals surface area (Å²) in [5, 5.41) is 11.2. The molecule has 0 saturated heterocycles. The summed E-state index contributed by atoms with van der Waals surface area (Å²) in [4.78, 5) is 5.55. The van der Waals surface area contributed by atoms with Crippen molar-refractivity contribution in [2.75, 3.05) is 7.11 Å². The average molecular weight is 295 g/mol. The Kier molecular flexibility index (Phi) is 3.71. The van der Waals surface area contributed by atoms with E-state index in [1.807, 2.05) is 35.8 Å². The number of methoxy groups -OCH3 is 1. The number of nitriles is 1. The van der Waals surface area contributed by atoms with Crippen LogP contribution in [-0.4, -0.2) is 16.7 Å². The molecule has 0 aliphatic heterocycles. The first-order valence-corrected chi connectivity index (χ1v) is 7.32. The predicted octanol–water partition coefficient (Wildman–Crippen LogP) is 3.54. The van der Waals surface area contributed by atoms with Crippen LogP contribution in [0.4, 0.5) is 0 Å². The van der Waals surface area contributed by atoms with Gasteiger partial charge in [0.1, 0.15) is 17.6 Å². The third-order valence-electron chi connectivity index (χ3n) is 3.19. The molecule has 0 spiro atoms. The second-order valence-electron chi connectivity index (χ2n) is 4.50. The number of hydrogen-bond donors (Lipinski definition) is 0. The molecule has 0 saturated carbocycles. The summed E-state index contributed by atoms with van der Waals surface area (Å²) in [7, 11) is 1.57. The molecule has 0 amide bonds. The Morgan fingerprint density at radius 3 is 3.00 bits per heavy atom. The molecule has 21 heavy (non-hydrogen) atoms. The van der Waals surface area contributed by atoms with Gasteiger partial charge in [0.05, 0.1) is 17.6 Å². The number of benzene rings is 1. The van der Waals surface area contributed by atoms with Gasteiger partial charge in [0, 0.05) is 18.9 Å². The first-order chi connectivity index (χ1) is 10.3. The SMILES string of the molecule is COc1ccc(Cn2ccnc2-c2cccs2)cc1C#N. The van der Waals surface area contributed by atoms with Gasteiger partial charge in [-0.3, -0.25) is 0 Å². The molecular formula is C16H13N3OS. The van der Waals surface area contributed by atoms with E-state index >= 15 is 0 Å². The zero-order valence-corrected chi connectivity index (χ0v) is 12.3. The average Bonchev–Trinajstić information content (AvgIpc) is 3.17. The van der Waals surface area contributed by atoms with Gasteiger partial charge in [0.15, 0.2) is 0 Å². The molecule has 0 radical (unpaired) electrons. The van der Waals surface area contributed by atoms with Gasteiger partial charge in [-0.2, -0.15) is 5.26 Å². The van der Waals surface area contributed by atoms with Crippen molar-refractivity contribution < 1.29 is 4.74 Å². The number of rotatable bonds is 4. The molecule has 2 aromatic heterocycles. The Labute approximate surface area is 126 Å². The van der Waals surface area contributed by atoms with E-state index in [1.54, 1.807) is 24.6 Å².